The van der Waals surface area contributed by atoms with E-state index < -0.39 is 5.91 Å². The number of carbonyl (C=O) groups excluding carboxylic acids is 1. The second kappa shape index (κ2) is 4.29. The second-order valence-electron chi connectivity index (χ2n) is 9.82. The number of hydrogen-bond acceptors (Lipinski definition) is 1. The van der Waals surface area contributed by atoms with E-state index >= 15 is 0 Å². The normalized spacial score (nSPS) is 46.0. The van der Waals surface area contributed by atoms with Gasteiger partial charge < -0.3 is 0 Å². The van der Waals surface area contributed by atoms with E-state index in [0.717, 1.165) is 35.5 Å². The molecule has 0 aliphatic heterocycles. The number of benzene rings is 1. The minimum absolute atomic E-state index is 0.267. The van der Waals surface area contributed by atoms with E-state index in [9.17, 15) is 9.28 Å². The Bertz CT molecular complexity index is 776. The molecule has 0 radical (unpaired) electrons. The highest BCUT2D eigenvalue weighted by atomic mass is 19.2. The third kappa shape index (κ3) is 1.41. The molecule has 130 valence electrons. The Labute approximate surface area is 147 Å². The van der Waals surface area contributed by atoms with Crippen LogP contribution in [0.2, 0.25) is 0 Å². The summed E-state index contributed by atoms with van der Waals surface area (Å²) in [5.41, 5.74) is 8.81. The maximum Gasteiger partial charge on any atom is 0.252 e. The first kappa shape index (κ1) is 13.8. The average Bonchev–Trinajstić information content (AvgIpc) is 3.32. The number of amides is 1. The first-order valence-corrected chi connectivity index (χ1v) is 10.3. The predicted molar refractivity (Wildman–Crippen MR) is 92.0 cm³/mol. The molecular formula is C22H24FNO. The highest BCUT2D eigenvalue weighted by Gasteiger charge is 2.61. The van der Waals surface area contributed by atoms with Crippen LogP contribution in [-0.4, -0.2) is 5.91 Å². The Kier molecular flexibility index (Phi) is 2.37. The summed E-state index contributed by atoms with van der Waals surface area (Å²) < 4.78 is 12.8. The molecule has 6 aliphatic carbocycles. The predicted octanol–water partition coefficient (Wildman–Crippen LogP) is 4.45. The maximum absolute atomic E-state index is 12.8. The SMILES string of the molecule is O=C(Cc1c2c(cc3c1C1C4CCC(C4)C31)C1C3CCC(C3)C21)NF. The molecule has 4 bridgehead atoms. The molecule has 0 aromatic heterocycles. The van der Waals surface area contributed by atoms with Crippen LogP contribution in [0.1, 0.15) is 90.0 Å². The lowest BCUT2D eigenvalue weighted by atomic mass is 9.52. The van der Waals surface area contributed by atoms with Gasteiger partial charge in [-0.2, -0.15) is 5.54 Å². The van der Waals surface area contributed by atoms with Gasteiger partial charge in [-0.15, -0.1) is 4.48 Å². The van der Waals surface area contributed by atoms with Crippen LogP contribution in [-0.2, 0) is 11.2 Å². The molecule has 0 heterocycles. The van der Waals surface area contributed by atoms with Crippen LogP contribution in [0.25, 0.3) is 0 Å². The van der Waals surface area contributed by atoms with Gasteiger partial charge in [0.2, 0.25) is 0 Å². The molecule has 6 aliphatic rings. The Morgan fingerprint density at radius 3 is 1.84 bits per heavy atom. The third-order valence-electron chi connectivity index (χ3n) is 9.24. The lowest BCUT2D eigenvalue weighted by Gasteiger charge is -2.51. The van der Waals surface area contributed by atoms with Gasteiger partial charge in [-0.25, -0.2) is 0 Å². The summed E-state index contributed by atoms with van der Waals surface area (Å²) in [6, 6.07) is 2.56. The monoisotopic (exact) mass is 337 g/mol. The molecule has 8 unspecified atom stereocenters. The average molecular weight is 337 g/mol. The van der Waals surface area contributed by atoms with Gasteiger partial charge in [0.05, 0.1) is 6.42 Å². The fourth-order valence-corrected chi connectivity index (χ4v) is 8.66. The van der Waals surface area contributed by atoms with E-state index in [0.29, 0.717) is 11.8 Å². The molecule has 1 aromatic carbocycles. The molecule has 1 amide bonds. The van der Waals surface area contributed by atoms with Crippen molar-refractivity contribution in [1.29, 1.82) is 0 Å². The van der Waals surface area contributed by atoms with Crippen LogP contribution in [0.4, 0.5) is 4.48 Å². The van der Waals surface area contributed by atoms with Crippen molar-refractivity contribution in [3.05, 3.63) is 33.9 Å². The zero-order chi connectivity index (χ0) is 16.4. The number of nitrogens with one attached hydrogen (secondary N) is 1. The van der Waals surface area contributed by atoms with Gasteiger partial charge in [0.25, 0.3) is 5.91 Å². The van der Waals surface area contributed by atoms with Gasteiger partial charge in [-0.1, -0.05) is 6.07 Å². The summed E-state index contributed by atoms with van der Waals surface area (Å²) in [6.07, 6.45) is 8.59. The number of halogens is 1. The van der Waals surface area contributed by atoms with E-state index in [1.54, 1.807) is 11.1 Å². The maximum atomic E-state index is 12.8. The highest BCUT2D eigenvalue weighted by molar-refractivity contribution is 5.80. The van der Waals surface area contributed by atoms with E-state index in [1.807, 2.05) is 0 Å². The first-order chi connectivity index (χ1) is 12.3. The zero-order valence-corrected chi connectivity index (χ0v) is 14.4. The van der Waals surface area contributed by atoms with Crippen molar-refractivity contribution in [3.63, 3.8) is 0 Å². The van der Waals surface area contributed by atoms with Crippen LogP contribution < -0.4 is 5.54 Å². The smallest absolute Gasteiger partial charge is 0.252 e. The molecule has 8 atom stereocenters. The van der Waals surface area contributed by atoms with Gasteiger partial charge in [-0.05, 0) is 114 Å². The third-order valence-corrected chi connectivity index (χ3v) is 9.24. The molecule has 7 rings (SSSR count). The summed E-state index contributed by atoms with van der Waals surface area (Å²) in [4.78, 5) is 12.0. The summed E-state index contributed by atoms with van der Waals surface area (Å²) in [7, 11) is 0. The van der Waals surface area contributed by atoms with E-state index in [4.69, 9.17) is 0 Å². The minimum atomic E-state index is -0.450. The molecular weight excluding hydrogens is 313 g/mol. The fraction of sp³-hybridized carbons (Fsp3) is 0.682. The summed E-state index contributed by atoms with van der Waals surface area (Å²) in [5.74, 6) is 5.92. The van der Waals surface area contributed by atoms with Gasteiger partial charge in [0.15, 0.2) is 0 Å². The van der Waals surface area contributed by atoms with E-state index in [2.05, 4.69) is 6.07 Å². The fourth-order valence-electron chi connectivity index (χ4n) is 8.66. The van der Waals surface area contributed by atoms with Gasteiger partial charge >= 0.3 is 0 Å². The van der Waals surface area contributed by atoms with Crippen molar-refractivity contribution in [2.75, 3.05) is 0 Å². The van der Waals surface area contributed by atoms with E-state index in [1.165, 1.54) is 60.8 Å². The Morgan fingerprint density at radius 2 is 1.36 bits per heavy atom. The van der Waals surface area contributed by atoms with Gasteiger partial charge in [-0.3, -0.25) is 4.79 Å². The van der Waals surface area contributed by atoms with Crippen LogP contribution >= 0.6 is 0 Å². The van der Waals surface area contributed by atoms with Crippen LogP contribution in [0, 0.1) is 23.7 Å². The van der Waals surface area contributed by atoms with Crippen molar-refractivity contribution in [3.8, 4) is 0 Å². The Morgan fingerprint density at radius 1 is 0.880 bits per heavy atom. The number of rotatable bonds is 2. The second-order valence-corrected chi connectivity index (χ2v) is 9.82. The standard InChI is InChI=1S/C22H24FNO/c23-24-16(25)8-15-21-13(17-9-1-3-11(5-9)19(17)21)7-14-18-10-2-4-12(6-10)20(18)22(14)15/h7,9-12,17-20H,1-6,8H2,(H,24,25). The van der Waals surface area contributed by atoms with Crippen LogP contribution in [0.15, 0.2) is 6.07 Å². The lowest BCUT2D eigenvalue weighted by molar-refractivity contribution is -0.124. The van der Waals surface area contributed by atoms with Gasteiger partial charge in [0.1, 0.15) is 0 Å². The summed E-state index contributed by atoms with van der Waals surface area (Å²) in [5, 5.41) is 0. The van der Waals surface area contributed by atoms with Crippen molar-refractivity contribution >= 4 is 5.91 Å². The Balaban J connectivity index is 1.42. The van der Waals surface area contributed by atoms with Crippen molar-refractivity contribution in [2.45, 2.75) is 68.6 Å². The van der Waals surface area contributed by atoms with Crippen molar-refractivity contribution in [1.82, 2.24) is 5.54 Å². The number of fused-ring (bicyclic) bond motifs is 16. The van der Waals surface area contributed by atoms with Gasteiger partial charge in [0, 0.05) is 0 Å². The summed E-state index contributed by atoms with van der Waals surface area (Å²) >= 11 is 0. The molecule has 25 heavy (non-hydrogen) atoms. The summed E-state index contributed by atoms with van der Waals surface area (Å²) in [6.45, 7) is 0. The molecule has 0 spiro atoms. The lowest BCUT2D eigenvalue weighted by Crippen LogP contribution is -2.39. The topological polar surface area (TPSA) is 29.1 Å². The van der Waals surface area contributed by atoms with Crippen LogP contribution in [0.3, 0.4) is 0 Å². The Hall–Kier alpha value is -1.38. The van der Waals surface area contributed by atoms with Crippen LogP contribution in [0.5, 0.6) is 0 Å². The molecule has 4 saturated carbocycles. The first-order valence-electron chi connectivity index (χ1n) is 10.3. The molecule has 1 aromatic rings. The largest absolute Gasteiger partial charge is 0.272 e. The molecule has 0 saturated heterocycles. The number of carbonyl (C=O) groups is 1. The minimum Gasteiger partial charge on any atom is -0.272 e. The molecule has 4 fully saturated rings. The van der Waals surface area contributed by atoms with E-state index in [-0.39, 0.29) is 6.42 Å². The molecule has 3 heteroatoms. The quantitative estimate of drug-likeness (QED) is 0.794. The number of hydrogen-bond donors (Lipinski definition) is 1. The highest BCUT2D eigenvalue weighted by Crippen LogP contribution is 2.74. The molecule has 2 nitrogen and oxygen atoms in total. The molecule has 1 N–H and O–H groups in total. The van der Waals surface area contributed by atoms with Crippen molar-refractivity contribution < 1.29 is 9.28 Å². The zero-order valence-electron chi connectivity index (χ0n) is 14.4. The van der Waals surface area contributed by atoms with Crippen molar-refractivity contribution in [2.24, 2.45) is 23.7 Å².